The van der Waals surface area contributed by atoms with Gasteiger partial charge < -0.3 is 14.4 Å². The minimum Gasteiger partial charge on any atom is -0.442 e. The average molecular weight is 481 g/mol. The van der Waals surface area contributed by atoms with E-state index in [-0.39, 0.29) is 36.0 Å². The van der Waals surface area contributed by atoms with Crippen LogP contribution in [0.2, 0.25) is 0 Å². The predicted octanol–water partition coefficient (Wildman–Crippen LogP) is 5.51. The van der Waals surface area contributed by atoms with E-state index in [2.05, 4.69) is 11.6 Å². The molecular formula is C28H33FN2O4. The highest BCUT2D eigenvalue weighted by molar-refractivity contribution is 6.40. The van der Waals surface area contributed by atoms with Crippen LogP contribution < -0.4 is 0 Å². The molecule has 6 nitrogen and oxygen atoms in total. The monoisotopic (exact) mass is 480 g/mol. The predicted molar refractivity (Wildman–Crippen MR) is 134 cm³/mol. The molecule has 2 amide bonds. The van der Waals surface area contributed by atoms with Gasteiger partial charge in [-0.2, -0.15) is 4.99 Å². The van der Waals surface area contributed by atoms with E-state index in [1.807, 2.05) is 30.3 Å². The quantitative estimate of drug-likeness (QED) is 0.369. The van der Waals surface area contributed by atoms with Crippen molar-refractivity contribution in [2.75, 3.05) is 6.54 Å². The molecule has 1 heterocycles. The molecule has 1 fully saturated rings. The number of likely N-dealkylation sites (tertiary alicyclic amines) is 1. The molecule has 0 spiro atoms. The summed E-state index contributed by atoms with van der Waals surface area (Å²) >= 11 is 0. The lowest BCUT2D eigenvalue weighted by molar-refractivity contribution is -0.125. The molecule has 0 unspecified atom stereocenters. The van der Waals surface area contributed by atoms with Gasteiger partial charge in [0.1, 0.15) is 17.1 Å². The highest BCUT2D eigenvalue weighted by atomic mass is 19.1. The van der Waals surface area contributed by atoms with Gasteiger partial charge in [0, 0.05) is 19.0 Å². The van der Waals surface area contributed by atoms with Crippen molar-refractivity contribution in [2.45, 2.75) is 64.4 Å². The van der Waals surface area contributed by atoms with E-state index in [0.717, 1.165) is 5.56 Å². The molecule has 2 aromatic carbocycles. The van der Waals surface area contributed by atoms with Crippen molar-refractivity contribution < 1.29 is 23.5 Å². The lowest BCUT2D eigenvalue weighted by Crippen LogP contribution is -2.41. The van der Waals surface area contributed by atoms with E-state index in [1.165, 1.54) is 12.1 Å². The van der Waals surface area contributed by atoms with Crippen molar-refractivity contribution in [3.05, 3.63) is 84.2 Å². The van der Waals surface area contributed by atoms with Gasteiger partial charge in [0.05, 0.1) is 12.7 Å². The lowest BCUT2D eigenvalue weighted by Gasteiger charge is -2.24. The molecule has 186 valence electrons. The Morgan fingerprint density at radius 3 is 2.43 bits per heavy atom. The molecule has 0 saturated carbocycles. The second kappa shape index (κ2) is 11.9. The van der Waals surface area contributed by atoms with Crippen LogP contribution in [0.4, 0.5) is 9.18 Å². The van der Waals surface area contributed by atoms with Crippen molar-refractivity contribution in [3.8, 4) is 0 Å². The molecule has 0 bridgehead atoms. The van der Waals surface area contributed by atoms with Crippen molar-refractivity contribution in [1.29, 1.82) is 0 Å². The van der Waals surface area contributed by atoms with E-state index < -0.39 is 11.7 Å². The minimum atomic E-state index is -0.834. The molecule has 0 radical (unpaired) electrons. The first-order chi connectivity index (χ1) is 16.6. The number of ether oxygens (including phenoxy) is 2. The van der Waals surface area contributed by atoms with Gasteiger partial charge >= 0.3 is 6.09 Å². The fourth-order valence-electron chi connectivity index (χ4n) is 3.97. The van der Waals surface area contributed by atoms with Crippen LogP contribution in [0.5, 0.6) is 0 Å². The van der Waals surface area contributed by atoms with E-state index in [4.69, 9.17) is 9.47 Å². The first kappa shape index (κ1) is 26.3. The second-order valence-electron chi connectivity index (χ2n) is 9.63. The van der Waals surface area contributed by atoms with Crippen LogP contribution in [0.15, 0.2) is 72.2 Å². The Hall–Kier alpha value is -3.32. The van der Waals surface area contributed by atoms with Crippen molar-refractivity contribution in [2.24, 2.45) is 4.99 Å². The fourth-order valence-corrected chi connectivity index (χ4v) is 3.97. The Kier molecular flexibility index (Phi) is 8.93. The van der Waals surface area contributed by atoms with Crippen LogP contribution in [-0.4, -0.2) is 46.9 Å². The average Bonchev–Trinajstić information content (AvgIpc) is 3.20. The number of hydrogen-bond acceptors (Lipinski definition) is 4. The van der Waals surface area contributed by atoms with Crippen LogP contribution >= 0.6 is 0 Å². The van der Waals surface area contributed by atoms with Crippen molar-refractivity contribution >= 4 is 17.7 Å². The van der Waals surface area contributed by atoms with Crippen molar-refractivity contribution in [3.63, 3.8) is 0 Å². The molecule has 1 saturated heterocycles. The first-order valence-electron chi connectivity index (χ1n) is 11.8. The van der Waals surface area contributed by atoms with Gasteiger partial charge in [0.15, 0.2) is 0 Å². The zero-order valence-electron chi connectivity index (χ0n) is 20.6. The molecule has 7 heteroatoms. The molecule has 2 aromatic rings. The number of carbonyl (C=O) groups excluding carboxylic acids is 2. The van der Waals surface area contributed by atoms with Crippen LogP contribution in [0, 0.1) is 5.82 Å². The standard InChI is InChI=1S/C28H33FN2O4/c1-5-9-23-17-24(34-19-21-10-7-6-8-11-21)18-31(23)26(32)25(30-27(33)35-28(2,3)4)16-20-12-14-22(29)15-13-20/h5-8,10-15,23-24H,1,9,16-19H2,2-4H3/b30-25+/t23-,24+/m0/s1. The summed E-state index contributed by atoms with van der Waals surface area (Å²) in [7, 11) is 0. The van der Waals surface area contributed by atoms with Gasteiger partial charge in [0.25, 0.3) is 5.91 Å². The molecule has 2 atom stereocenters. The van der Waals surface area contributed by atoms with E-state index in [0.29, 0.717) is 31.6 Å². The Balaban J connectivity index is 1.80. The molecule has 0 aromatic heterocycles. The first-order valence-corrected chi connectivity index (χ1v) is 11.8. The normalized spacial score (nSPS) is 18.4. The Morgan fingerprint density at radius 2 is 1.80 bits per heavy atom. The topological polar surface area (TPSA) is 68.2 Å². The summed E-state index contributed by atoms with van der Waals surface area (Å²) in [6.45, 7) is 9.85. The number of benzene rings is 2. The van der Waals surface area contributed by atoms with Gasteiger partial charge in [-0.1, -0.05) is 48.5 Å². The summed E-state index contributed by atoms with van der Waals surface area (Å²) in [5.74, 6) is -0.743. The van der Waals surface area contributed by atoms with E-state index >= 15 is 0 Å². The summed E-state index contributed by atoms with van der Waals surface area (Å²) in [5.41, 5.74) is 1.02. The molecule has 1 aliphatic heterocycles. The van der Waals surface area contributed by atoms with Crippen LogP contribution in [0.1, 0.15) is 44.7 Å². The maximum absolute atomic E-state index is 13.6. The van der Waals surface area contributed by atoms with Crippen LogP contribution in [0.25, 0.3) is 0 Å². The van der Waals surface area contributed by atoms with Gasteiger partial charge in [-0.15, -0.1) is 6.58 Å². The number of carbonyl (C=O) groups is 2. The third-order valence-corrected chi connectivity index (χ3v) is 5.56. The van der Waals surface area contributed by atoms with E-state index in [1.54, 1.807) is 43.9 Å². The summed E-state index contributed by atoms with van der Waals surface area (Å²) in [5, 5.41) is 0. The summed E-state index contributed by atoms with van der Waals surface area (Å²) in [4.78, 5) is 31.9. The Morgan fingerprint density at radius 1 is 1.11 bits per heavy atom. The Labute approximate surface area is 206 Å². The molecule has 0 N–H and O–H groups in total. The molecule has 35 heavy (non-hydrogen) atoms. The van der Waals surface area contributed by atoms with Crippen LogP contribution in [0.3, 0.4) is 0 Å². The second-order valence-corrected chi connectivity index (χ2v) is 9.63. The zero-order chi connectivity index (χ0) is 25.4. The summed E-state index contributed by atoms with van der Waals surface area (Å²) < 4.78 is 24.8. The van der Waals surface area contributed by atoms with Crippen molar-refractivity contribution in [1.82, 2.24) is 4.90 Å². The smallest absolute Gasteiger partial charge is 0.434 e. The molecule has 0 aliphatic carbocycles. The zero-order valence-corrected chi connectivity index (χ0v) is 20.6. The number of halogens is 1. The fraction of sp³-hybridized carbons (Fsp3) is 0.393. The SMILES string of the molecule is C=CC[C@H]1C[C@@H](OCc2ccccc2)CN1C(=O)/C(Cc1ccc(F)cc1)=N/C(=O)OC(C)(C)C. The van der Waals surface area contributed by atoms with Gasteiger partial charge in [-0.05, 0) is 56.9 Å². The van der Waals surface area contributed by atoms with Gasteiger partial charge in [0.2, 0.25) is 0 Å². The lowest BCUT2D eigenvalue weighted by atomic mass is 10.1. The number of amides is 2. The highest BCUT2D eigenvalue weighted by Gasteiger charge is 2.37. The third kappa shape index (κ3) is 8.14. The van der Waals surface area contributed by atoms with Crippen LogP contribution in [-0.2, 0) is 27.3 Å². The van der Waals surface area contributed by atoms with E-state index in [9.17, 15) is 14.0 Å². The third-order valence-electron chi connectivity index (χ3n) is 5.56. The van der Waals surface area contributed by atoms with Gasteiger partial charge in [-0.25, -0.2) is 9.18 Å². The minimum absolute atomic E-state index is 0.0450. The number of aliphatic imine (C=N–C) groups is 1. The number of hydrogen-bond donors (Lipinski definition) is 0. The summed E-state index contributed by atoms with van der Waals surface area (Å²) in [6, 6.07) is 15.5. The largest absolute Gasteiger partial charge is 0.442 e. The molecule has 1 aliphatic rings. The summed E-state index contributed by atoms with van der Waals surface area (Å²) in [6.07, 6.45) is 2.10. The number of rotatable bonds is 8. The number of nitrogens with zero attached hydrogens (tertiary/aromatic N) is 2. The molecule has 3 rings (SSSR count). The maximum Gasteiger partial charge on any atom is 0.434 e. The van der Waals surface area contributed by atoms with Gasteiger partial charge in [-0.3, -0.25) is 4.79 Å². The Bertz CT molecular complexity index is 1040. The molecular weight excluding hydrogens is 447 g/mol. The maximum atomic E-state index is 13.6. The highest BCUT2D eigenvalue weighted by Crippen LogP contribution is 2.25.